The van der Waals surface area contributed by atoms with E-state index in [2.05, 4.69) is 15.3 Å². The van der Waals surface area contributed by atoms with Crippen molar-refractivity contribution in [3.63, 3.8) is 0 Å². The number of rotatable bonds is 4. The minimum Gasteiger partial charge on any atom is -0.481 e. The second kappa shape index (κ2) is 7.92. The minimum absolute atomic E-state index is 0.136. The zero-order valence-corrected chi connectivity index (χ0v) is 14.3. The summed E-state index contributed by atoms with van der Waals surface area (Å²) in [6, 6.07) is 7.79. The molecule has 0 spiro atoms. The molecule has 2 atom stereocenters. The number of aromatic nitrogens is 2. The van der Waals surface area contributed by atoms with Gasteiger partial charge in [-0.25, -0.2) is 4.98 Å². The average molecular weight is 356 g/mol. The van der Waals surface area contributed by atoms with Crippen LogP contribution in [0.5, 0.6) is 5.88 Å². The number of pyridine rings is 2. The van der Waals surface area contributed by atoms with E-state index in [1.807, 2.05) is 0 Å². The largest absolute Gasteiger partial charge is 0.481 e. The second-order valence-corrected chi connectivity index (χ2v) is 5.99. The number of hydrogen-bond acceptors (Lipinski definition) is 6. The summed E-state index contributed by atoms with van der Waals surface area (Å²) in [5, 5.41) is 13.1. The first-order valence-electron chi connectivity index (χ1n) is 8.28. The highest BCUT2D eigenvalue weighted by atomic mass is 16.5. The van der Waals surface area contributed by atoms with Crippen molar-refractivity contribution >= 4 is 11.8 Å². The number of carbonyl (C=O) groups excluding carboxylic acids is 2. The Bertz CT molecular complexity index is 784. The van der Waals surface area contributed by atoms with Crippen molar-refractivity contribution in [3.05, 3.63) is 54.0 Å². The Labute approximate surface area is 150 Å². The van der Waals surface area contributed by atoms with Crippen molar-refractivity contribution in [1.29, 1.82) is 0 Å². The molecule has 8 heteroatoms. The van der Waals surface area contributed by atoms with Crippen LogP contribution in [0.25, 0.3) is 0 Å². The molecule has 2 amide bonds. The number of carbonyl (C=O) groups is 2. The number of nitrogens with one attached hydrogen (secondary N) is 1. The summed E-state index contributed by atoms with van der Waals surface area (Å²) >= 11 is 0. The van der Waals surface area contributed by atoms with Crippen LogP contribution in [-0.4, -0.2) is 64.1 Å². The Kier molecular flexibility index (Phi) is 5.43. The summed E-state index contributed by atoms with van der Waals surface area (Å²) in [4.78, 5) is 34.3. The summed E-state index contributed by atoms with van der Waals surface area (Å²) in [5.74, 6) is -0.193. The van der Waals surface area contributed by atoms with Gasteiger partial charge in [-0.3, -0.25) is 14.6 Å². The van der Waals surface area contributed by atoms with Crippen molar-refractivity contribution in [3.8, 4) is 5.88 Å². The van der Waals surface area contributed by atoms with Gasteiger partial charge in [-0.1, -0.05) is 6.07 Å². The molecule has 2 N–H and O–H groups in total. The van der Waals surface area contributed by atoms with Crippen molar-refractivity contribution in [2.75, 3.05) is 20.2 Å². The van der Waals surface area contributed by atoms with Crippen LogP contribution in [0.4, 0.5) is 0 Å². The van der Waals surface area contributed by atoms with Crippen LogP contribution in [0, 0.1) is 0 Å². The van der Waals surface area contributed by atoms with Crippen LogP contribution >= 0.6 is 0 Å². The third-order valence-corrected chi connectivity index (χ3v) is 4.27. The normalized spacial score (nSPS) is 19.7. The molecule has 2 aromatic rings. The van der Waals surface area contributed by atoms with Crippen LogP contribution in [0.15, 0.2) is 42.7 Å². The Morgan fingerprint density at radius 2 is 2.12 bits per heavy atom. The predicted octanol–water partition coefficient (Wildman–Crippen LogP) is 0.491. The van der Waals surface area contributed by atoms with Gasteiger partial charge in [0.1, 0.15) is 5.69 Å². The zero-order chi connectivity index (χ0) is 18.5. The first-order chi connectivity index (χ1) is 12.6. The summed E-state index contributed by atoms with van der Waals surface area (Å²) in [6.45, 7) is 0.560. The first-order valence-corrected chi connectivity index (χ1v) is 8.28. The van der Waals surface area contributed by atoms with Gasteiger partial charge in [0, 0.05) is 37.1 Å². The van der Waals surface area contributed by atoms with Crippen molar-refractivity contribution in [1.82, 2.24) is 20.2 Å². The Morgan fingerprint density at radius 3 is 2.81 bits per heavy atom. The molecule has 1 fully saturated rings. The van der Waals surface area contributed by atoms with Gasteiger partial charge in [0.25, 0.3) is 11.8 Å². The third kappa shape index (κ3) is 3.97. The van der Waals surface area contributed by atoms with Crippen LogP contribution in [0.3, 0.4) is 0 Å². The molecule has 0 bridgehead atoms. The smallest absolute Gasteiger partial charge is 0.270 e. The van der Waals surface area contributed by atoms with E-state index in [-0.39, 0.29) is 18.4 Å². The molecule has 3 heterocycles. The fourth-order valence-electron chi connectivity index (χ4n) is 2.86. The lowest BCUT2D eigenvalue weighted by atomic mass is 10.0. The van der Waals surface area contributed by atoms with Gasteiger partial charge in [0.05, 0.1) is 19.3 Å². The number of hydrogen-bond donors (Lipinski definition) is 2. The van der Waals surface area contributed by atoms with E-state index in [9.17, 15) is 14.7 Å². The molecule has 1 aliphatic heterocycles. The van der Waals surface area contributed by atoms with Crippen LogP contribution < -0.4 is 10.1 Å². The SMILES string of the molecule is COc1cc(C(=O)N2CC[C@@H](NC(=O)c3ccccn3)[C@H](O)C2)ccn1. The van der Waals surface area contributed by atoms with Crippen molar-refractivity contribution in [2.24, 2.45) is 0 Å². The number of β-amino-alcohol motifs (C(OH)–C–C–N with tert-alkyl or cyclic N) is 1. The Balaban J connectivity index is 1.61. The van der Waals surface area contributed by atoms with E-state index in [4.69, 9.17) is 4.74 Å². The molecular weight excluding hydrogens is 336 g/mol. The van der Waals surface area contributed by atoms with E-state index in [1.165, 1.54) is 19.5 Å². The van der Waals surface area contributed by atoms with Gasteiger partial charge in [0.2, 0.25) is 5.88 Å². The first kappa shape index (κ1) is 17.8. The maximum absolute atomic E-state index is 12.6. The van der Waals surface area contributed by atoms with Gasteiger partial charge < -0.3 is 20.1 Å². The van der Waals surface area contributed by atoms with Crippen molar-refractivity contribution < 1.29 is 19.4 Å². The molecule has 136 valence electrons. The van der Waals surface area contributed by atoms with E-state index in [1.54, 1.807) is 35.2 Å². The molecule has 0 aromatic carbocycles. The monoisotopic (exact) mass is 356 g/mol. The number of aliphatic hydroxyl groups excluding tert-OH is 1. The molecule has 0 radical (unpaired) electrons. The fourth-order valence-corrected chi connectivity index (χ4v) is 2.86. The summed E-state index contributed by atoms with van der Waals surface area (Å²) in [7, 11) is 1.48. The molecule has 0 aliphatic carbocycles. The lowest BCUT2D eigenvalue weighted by Gasteiger charge is -2.36. The standard InChI is InChI=1S/C18H20N4O4/c1-26-16-10-12(5-8-20-16)18(25)22-9-6-13(15(23)11-22)21-17(24)14-4-2-3-7-19-14/h2-5,7-8,10,13,15,23H,6,9,11H2,1H3,(H,21,24)/t13-,15-/m1/s1. The zero-order valence-electron chi connectivity index (χ0n) is 14.3. The molecule has 0 saturated carbocycles. The number of ether oxygens (including phenoxy) is 1. The van der Waals surface area contributed by atoms with E-state index < -0.39 is 12.1 Å². The number of piperidine rings is 1. The number of nitrogens with zero attached hydrogens (tertiary/aromatic N) is 3. The number of methoxy groups -OCH3 is 1. The number of aliphatic hydroxyl groups is 1. The van der Waals surface area contributed by atoms with Crippen LogP contribution in [-0.2, 0) is 0 Å². The molecule has 1 aliphatic rings. The highest BCUT2D eigenvalue weighted by Gasteiger charge is 2.32. The Hall–Kier alpha value is -3.00. The Morgan fingerprint density at radius 1 is 1.27 bits per heavy atom. The molecule has 1 saturated heterocycles. The lowest BCUT2D eigenvalue weighted by Crippen LogP contribution is -2.55. The van der Waals surface area contributed by atoms with Crippen LogP contribution in [0.2, 0.25) is 0 Å². The fraction of sp³-hybridized carbons (Fsp3) is 0.333. The molecule has 3 rings (SSSR count). The summed E-state index contributed by atoms with van der Waals surface area (Å²) in [5.41, 5.74) is 0.738. The quantitative estimate of drug-likeness (QED) is 0.826. The van der Waals surface area contributed by atoms with Gasteiger partial charge in [-0.15, -0.1) is 0 Å². The molecule has 0 unspecified atom stereocenters. The summed E-state index contributed by atoms with van der Waals surface area (Å²) < 4.78 is 5.03. The average Bonchev–Trinajstić information content (AvgIpc) is 2.69. The topological polar surface area (TPSA) is 105 Å². The third-order valence-electron chi connectivity index (χ3n) is 4.27. The highest BCUT2D eigenvalue weighted by Crippen LogP contribution is 2.17. The molecule has 2 aromatic heterocycles. The second-order valence-electron chi connectivity index (χ2n) is 5.99. The van der Waals surface area contributed by atoms with Gasteiger partial charge in [-0.05, 0) is 24.6 Å². The van der Waals surface area contributed by atoms with E-state index in [0.717, 1.165) is 0 Å². The number of amides is 2. The maximum Gasteiger partial charge on any atom is 0.270 e. The van der Waals surface area contributed by atoms with Gasteiger partial charge in [-0.2, -0.15) is 0 Å². The molecular formula is C18H20N4O4. The van der Waals surface area contributed by atoms with E-state index >= 15 is 0 Å². The summed E-state index contributed by atoms with van der Waals surface area (Å²) in [6.07, 6.45) is 2.63. The molecule has 8 nitrogen and oxygen atoms in total. The minimum atomic E-state index is -0.857. The maximum atomic E-state index is 12.6. The highest BCUT2D eigenvalue weighted by molar-refractivity contribution is 5.94. The molecule has 26 heavy (non-hydrogen) atoms. The van der Waals surface area contributed by atoms with Gasteiger partial charge in [0.15, 0.2) is 0 Å². The number of likely N-dealkylation sites (tertiary alicyclic amines) is 1. The van der Waals surface area contributed by atoms with Crippen molar-refractivity contribution in [2.45, 2.75) is 18.6 Å². The predicted molar refractivity (Wildman–Crippen MR) is 92.8 cm³/mol. The van der Waals surface area contributed by atoms with Crippen LogP contribution in [0.1, 0.15) is 27.3 Å². The van der Waals surface area contributed by atoms with E-state index in [0.29, 0.717) is 30.1 Å². The lowest BCUT2D eigenvalue weighted by molar-refractivity contribution is 0.0314. The van der Waals surface area contributed by atoms with Gasteiger partial charge >= 0.3 is 0 Å².